The summed E-state index contributed by atoms with van der Waals surface area (Å²) in [6.07, 6.45) is 0.930. The number of nitrogens with zero attached hydrogens (tertiary/aromatic N) is 1. The van der Waals surface area contributed by atoms with Gasteiger partial charge in [-0.2, -0.15) is 0 Å². The molecule has 26 heavy (non-hydrogen) atoms. The van der Waals surface area contributed by atoms with Gasteiger partial charge in [0.25, 0.3) is 5.91 Å². The molecule has 0 bridgehead atoms. The summed E-state index contributed by atoms with van der Waals surface area (Å²) in [4.78, 5) is 29.0. The molecule has 4 rings (SSSR count). The molecule has 3 aromatic rings. The van der Waals surface area contributed by atoms with Gasteiger partial charge in [-0.25, -0.2) is 4.98 Å². The molecule has 0 radical (unpaired) electrons. The number of carbonyl (C=O) groups is 2. The fourth-order valence-corrected chi connectivity index (χ4v) is 2.98. The summed E-state index contributed by atoms with van der Waals surface area (Å²) in [6.45, 7) is 2.06. The Morgan fingerprint density at radius 1 is 1.00 bits per heavy atom. The van der Waals surface area contributed by atoms with E-state index in [1.807, 2.05) is 30.3 Å². The van der Waals surface area contributed by atoms with Crippen molar-refractivity contribution in [2.24, 2.45) is 11.8 Å². The van der Waals surface area contributed by atoms with Crippen molar-refractivity contribution in [1.82, 2.24) is 4.98 Å². The van der Waals surface area contributed by atoms with Crippen LogP contribution >= 0.6 is 0 Å². The van der Waals surface area contributed by atoms with Crippen LogP contribution in [0.2, 0.25) is 0 Å². The highest BCUT2D eigenvalue weighted by atomic mass is 16.2. The van der Waals surface area contributed by atoms with Crippen LogP contribution in [0.25, 0.3) is 10.9 Å². The van der Waals surface area contributed by atoms with Gasteiger partial charge in [-0.15, -0.1) is 0 Å². The molecule has 5 nitrogen and oxygen atoms in total. The van der Waals surface area contributed by atoms with Crippen LogP contribution in [-0.4, -0.2) is 16.8 Å². The summed E-state index contributed by atoms with van der Waals surface area (Å²) in [5.74, 6) is 0.791. The van der Waals surface area contributed by atoms with Gasteiger partial charge in [-0.1, -0.05) is 31.2 Å². The number of para-hydroxylation sites is 1. The molecule has 2 amide bonds. The zero-order valence-corrected chi connectivity index (χ0v) is 14.4. The highest BCUT2D eigenvalue weighted by Crippen LogP contribution is 2.38. The average Bonchev–Trinajstić information content (AvgIpc) is 3.39. The quantitative estimate of drug-likeness (QED) is 0.748. The second-order valence-corrected chi connectivity index (χ2v) is 6.73. The minimum atomic E-state index is -0.260. The molecule has 2 aromatic carbocycles. The van der Waals surface area contributed by atoms with Crippen LogP contribution in [0.15, 0.2) is 60.7 Å². The van der Waals surface area contributed by atoms with Crippen molar-refractivity contribution in [3.05, 3.63) is 66.2 Å². The topological polar surface area (TPSA) is 71.1 Å². The molecule has 1 aliphatic carbocycles. The minimum Gasteiger partial charge on any atom is -0.326 e. The standard InChI is InChI=1S/C21H19N3O2/c1-13-11-17(13)21(26)22-16-7-4-6-15(12-16)20(25)24-19-10-9-14-5-2-3-8-18(14)23-19/h2-10,12-13,17H,11H2,1H3,(H,22,26)(H,23,24,25)/t13-,17-/m1/s1. The number of amides is 2. The normalized spacial score (nSPS) is 18.3. The summed E-state index contributed by atoms with van der Waals surface area (Å²) in [5, 5.41) is 6.71. The highest BCUT2D eigenvalue weighted by Gasteiger charge is 2.39. The predicted molar refractivity (Wildman–Crippen MR) is 102 cm³/mol. The third-order valence-electron chi connectivity index (χ3n) is 4.68. The molecular formula is C21H19N3O2. The maximum atomic E-state index is 12.5. The van der Waals surface area contributed by atoms with Gasteiger partial charge in [-0.05, 0) is 48.7 Å². The Morgan fingerprint density at radius 3 is 2.62 bits per heavy atom. The lowest BCUT2D eigenvalue weighted by Crippen LogP contribution is -2.16. The zero-order chi connectivity index (χ0) is 18.1. The number of hydrogen-bond acceptors (Lipinski definition) is 3. The van der Waals surface area contributed by atoms with Gasteiger partial charge >= 0.3 is 0 Å². The second kappa shape index (κ2) is 6.59. The molecule has 1 aromatic heterocycles. The number of hydrogen-bond donors (Lipinski definition) is 2. The Balaban J connectivity index is 1.48. The summed E-state index contributed by atoms with van der Waals surface area (Å²) in [7, 11) is 0. The van der Waals surface area contributed by atoms with Crippen LogP contribution in [0, 0.1) is 11.8 Å². The van der Waals surface area contributed by atoms with Crippen LogP contribution in [0.1, 0.15) is 23.7 Å². The molecule has 1 fully saturated rings. The molecule has 0 unspecified atom stereocenters. The molecule has 1 aliphatic rings. The number of rotatable bonds is 4. The Labute approximate surface area is 151 Å². The number of nitrogens with one attached hydrogen (secondary N) is 2. The van der Waals surface area contributed by atoms with Crippen molar-refractivity contribution in [3.8, 4) is 0 Å². The molecule has 0 aliphatic heterocycles. The SMILES string of the molecule is C[C@@H]1C[C@H]1C(=O)Nc1cccc(C(=O)Nc2ccc3ccccc3n2)c1. The second-order valence-electron chi connectivity index (χ2n) is 6.73. The number of benzene rings is 2. The maximum absolute atomic E-state index is 12.5. The molecule has 2 atom stereocenters. The van der Waals surface area contributed by atoms with Crippen molar-refractivity contribution in [2.45, 2.75) is 13.3 Å². The lowest BCUT2D eigenvalue weighted by Gasteiger charge is -2.08. The molecule has 0 spiro atoms. The first-order chi connectivity index (χ1) is 12.6. The number of fused-ring (bicyclic) bond motifs is 1. The molecule has 5 heteroatoms. The van der Waals surface area contributed by atoms with E-state index in [9.17, 15) is 9.59 Å². The van der Waals surface area contributed by atoms with Crippen LogP contribution in [0.5, 0.6) is 0 Å². The van der Waals surface area contributed by atoms with Gasteiger partial charge in [0.15, 0.2) is 0 Å². The Morgan fingerprint density at radius 2 is 1.81 bits per heavy atom. The van der Waals surface area contributed by atoms with Crippen molar-refractivity contribution in [1.29, 1.82) is 0 Å². The van der Waals surface area contributed by atoms with Crippen molar-refractivity contribution in [3.63, 3.8) is 0 Å². The van der Waals surface area contributed by atoms with Crippen molar-refractivity contribution in [2.75, 3.05) is 10.6 Å². The summed E-state index contributed by atoms with van der Waals surface area (Å²) < 4.78 is 0. The first-order valence-corrected chi connectivity index (χ1v) is 8.68. The monoisotopic (exact) mass is 345 g/mol. The minimum absolute atomic E-state index is 0.0197. The predicted octanol–water partition coefficient (Wildman–Crippen LogP) is 4.08. The van der Waals surface area contributed by atoms with E-state index in [-0.39, 0.29) is 17.7 Å². The van der Waals surface area contributed by atoms with Gasteiger partial charge in [0.05, 0.1) is 5.52 Å². The Kier molecular flexibility index (Phi) is 4.13. The number of carbonyl (C=O) groups excluding carboxylic acids is 2. The maximum Gasteiger partial charge on any atom is 0.256 e. The van der Waals surface area contributed by atoms with Crippen molar-refractivity contribution >= 4 is 34.2 Å². The first-order valence-electron chi connectivity index (χ1n) is 8.68. The largest absolute Gasteiger partial charge is 0.326 e. The lowest BCUT2D eigenvalue weighted by molar-refractivity contribution is -0.117. The lowest BCUT2D eigenvalue weighted by atomic mass is 10.1. The molecule has 1 heterocycles. The third kappa shape index (κ3) is 3.42. The van der Waals surface area contributed by atoms with Gasteiger partial charge in [0.2, 0.25) is 5.91 Å². The van der Waals surface area contributed by atoms with Gasteiger partial charge in [0.1, 0.15) is 5.82 Å². The number of aromatic nitrogens is 1. The number of pyridine rings is 1. The van der Waals surface area contributed by atoms with Crippen LogP contribution in [0.3, 0.4) is 0 Å². The molecule has 130 valence electrons. The van der Waals surface area contributed by atoms with E-state index in [4.69, 9.17) is 0 Å². The van der Waals surface area contributed by atoms with E-state index in [0.717, 1.165) is 17.3 Å². The molecule has 2 N–H and O–H groups in total. The van der Waals surface area contributed by atoms with E-state index < -0.39 is 0 Å². The Bertz CT molecular complexity index is 999. The van der Waals surface area contributed by atoms with E-state index in [2.05, 4.69) is 22.5 Å². The van der Waals surface area contributed by atoms with Crippen LogP contribution < -0.4 is 10.6 Å². The smallest absolute Gasteiger partial charge is 0.256 e. The Hall–Kier alpha value is -3.21. The van der Waals surface area contributed by atoms with Gasteiger partial charge < -0.3 is 10.6 Å². The molecule has 0 saturated heterocycles. The van der Waals surface area contributed by atoms with E-state index >= 15 is 0 Å². The van der Waals surface area contributed by atoms with Crippen LogP contribution in [-0.2, 0) is 4.79 Å². The van der Waals surface area contributed by atoms with Gasteiger partial charge in [0, 0.05) is 22.6 Å². The highest BCUT2D eigenvalue weighted by molar-refractivity contribution is 6.05. The summed E-state index contributed by atoms with van der Waals surface area (Å²) in [5.41, 5.74) is 1.93. The molecular weight excluding hydrogens is 326 g/mol. The number of anilines is 2. The summed E-state index contributed by atoms with van der Waals surface area (Å²) >= 11 is 0. The fourth-order valence-electron chi connectivity index (χ4n) is 2.98. The zero-order valence-electron chi connectivity index (χ0n) is 14.4. The van der Waals surface area contributed by atoms with Gasteiger partial charge in [-0.3, -0.25) is 9.59 Å². The van der Waals surface area contributed by atoms with E-state index in [0.29, 0.717) is 23.0 Å². The molecule has 1 saturated carbocycles. The van der Waals surface area contributed by atoms with E-state index in [1.165, 1.54) is 0 Å². The van der Waals surface area contributed by atoms with E-state index in [1.54, 1.807) is 30.3 Å². The third-order valence-corrected chi connectivity index (χ3v) is 4.68. The van der Waals surface area contributed by atoms with Crippen LogP contribution in [0.4, 0.5) is 11.5 Å². The summed E-state index contributed by atoms with van der Waals surface area (Å²) in [6, 6.07) is 18.4. The van der Waals surface area contributed by atoms with Crippen molar-refractivity contribution < 1.29 is 9.59 Å². The average molecular weight is 345 g/mol. The first kappa shape index (κ1) is 16.3. The fraction of sp³-hybridized carbons (Fsp3) is 0.190.